The number of likely N-dealkylation sites (tertiary alicyclic amines) is 1. The van der Waals surface area contributed by atoms with Crippen molar-refractivity contribution < 1.29 is 34.2 Å². The molecule has 1 heterocycles. The number of aliphatic hydroxyl groups excluding tert-OH is 2. The molecule has 1 aliphatic rings. The Hall–Kier alpha value is -3.76. The first kappa shape index (κ1) is 22.9. The Morgan fingerprint density at radius 1 is 1.16 bits per heavy atom. The molecule has 2 N–H and O–H groups in total. The molecule has 1 atom stereocenters. The number of benzene rings is 2. The van der Waals surface area contributed by atoms with Crippen LogP contribution in [0.25, 0.3) is 5.76 Å². The minimum absolute atomic E-state index is 0.0347. The Kier molecular flexibility index (Phi) is 7.18. The molecule has 1 unspecified atom stereocenters. The molecule has 168 valence electrons. The normalized spacial score (nSPS) is 17.6. The highest BCUT2D eigenvalue weighted by Gasteiger charge is 2.46. The Morgan fingerprint density at radius 2 is 1.88 bits per heavy atom. The summed E-state index contributed by atoms with van der Waals surface area (Å²) in [6, 6.07) is 10.9. The molecule has 10 heteroatoms. The van der Waals surface area contributed by atoms with Crippen LogP contribution in [-0.2, 0) is 14.3 Å². The molecule has 0 radical (unpaired) electrons. The molecule has 0 aliphatic carbocycles. The molecule has 32 heavy (non-hydrogen) atoms. The molecule has 1 fully saturated rings. The molecule has 2 aromatic rings. The van der Waals surface area contributed by atoms with Crippen LogP contribution in [0.2, 0.25) is 0 Å². The van der Waals surface area contributed by atoms with Crippen LogP contribution in [0.5, 0.6) is 5.75 Å². The van der Waals surface area contributed by atoms with Gasteiger partial charge < -0.3 is 24.6 Å². The van der Waals surface area contributed by atoms with Crippen LogP contribution in [0.3, 0.4) is 0 Å². The van der Waals surface area contributed by atoms with Crippen LogP contribution in [0.4, 0.5) is 5.69 Å². The zero-order chi connectivity index (χ0) is 23.3. The minimum Gasteiger partial charge on any atom is -0.507 e. The third-order valence-electron chi connectivity index (χ3n) is 5.01. The van der Waals surface area contributed by atoms with Gasteiger partial charge in [0.25, 0.3) is 17.4 Å². The highest BCUT2D eigenvalue weighted by molar-refractivity contribution is 6.46. The Labute approximate surface area is 183 Å². The van der Waals surface area contributed by atoms with E-state index in [4.69, 9.17) is 14.6 Å². The monoisotopic (exact) mass is 442 g/mol. The summed E-state index contributed by atoms with van der Waals surface area (Å²) in [6.07, 6.45) is 0. The number of hydrogen-bond donors (Lipinski definition) is 2. The van der Waals surface area contributed by atoms with Crippen molar-refractivity contribution in [2.24, 2.45) is 0 Å². The van der Waals surface area contributed by atoms with Gasteiger partial charge in [-0.25, -0.2) is 0 Å². The van der Waals surface area contributed by atoms with E-state index in [2.05, 4.69) is 0 Å². The lowest BCUT2D eigenvalue weighted by Gasteiger charge is -2.25. The van der Waals surface area contributed by atoms with Gasteiger partial charge >= 0.3 is 0 Å². The highest BCUT2D eigenvalue weighted by Crippen LogP contribution is 2.40. The fourth-order valence-corrected chi connectivity index (χ4v) is 3.50. The van der Waals surface area contributed by atoms with Crippen LogP contribution < -0.4 is 4.74 Å². The number of carbonyl (C=O) groups excluding carboxylic acids is 2. The fourth-order valence-electron chi connectivity index (χ4n) is 3.50. The first-order chi connectivity index (χ1) is 15.4. The number of non-ortho nitro benzene ring substituents is 1. The number of rotatable bonds is 9. The predicted molar refractivity (Wildman–Crippen MR) is 113 cm³/mol. The summed E-state index contributed by atoms with van der Waals surface area (Å²) < 4.78 is 10.4. The van der Waals surface area contributed by atoms with Crippen LogP contribution in [-0.4, -0.2) is 65.2 Å². The number of aliphatic hydroxyl groups is 2. The molecule has 10 nitrogen and oxygen atoms in total. The molecular formula is C22H22N2O8. The first-order valence-corrected chi connectivity index (χ1v) is 9.74. The van der Waals surface area contributed by atoms with E-state index in [1.165, 1.54) is 30.2 Å². The largest absolute Gasteiger partial charge is 0.507 e. The maximum atomic E-state index is 12.9. The number of nitro groups is 1. The number of nitro benzene ring substituents is 1. The van der Waals surface area contributed by atoms with Gasteiger partial charge in [-0.05, 0) is 17.7 Å². The highest BCUT2D eigenvalue weighted by atomic mass is 16.6. The molecule has 0 saturated carbocycles. The maximum Gasteiger partial charge on any atom is 0.295 e. The standard InChI is InChI=1S/C22H22N2O8/c1-31-17-7-5-14(6-8-17)19-18(20(26)15-3-2-4-16(13-15)24(29)30)21(27)22(28)23(19)9-11-32-12-10-25/h2-8,13,19,25-26H,9-12H2,1H3/b20-18+. The zero-order valence-corrected chi connectivity index (χ0v) is 17.3. The molecule has 1 amide bonds. The third kappa shape index (κ3) is 4.61. The summed E-state index contributed by atoms with van der Waals surface area (Å²) in [5, 5.41) is 30.9. The van der Waals surface area contributed by atoms with E-state index in [9.17, 15) is 24.8 Å². The second kappa shape index (κ2) is 10.0. The van der Waals surface area contributed by atoms with Gasteiger partial charge in [0.15, 0.2) is 0 Å². The Balaban J connectivity index is 2.09. The molecule has 1 aliphatic heterocycles. The van der Waals surface area contributed by atoms with E-state index < -0.39 is 28.4 Å². The van der Waals surface area contributed by atoms with Crippen molar-refractivity contribution in [1.29, 1.82) is 0 Å². The lowest BCUT2D eigenvalue weighted by atomic mass is 9.95. The summed E-state index contributed by atoms with van der Waals surface area (Å²) in [7, 11) is 1.50. The van der Waals surface area contributed by atoms with Crippen molar-refractivity contribution in [1.82, 2.24) is 4.90 Å². The van der Waals surface area contributed by atoms with Gasteiger partial charge in [-0.2, -0.15) is 0 Å². The van der Waals surface area contributed by atoms with Gasteiger partial charge in [0.1, 0.15) is 11.5 Å². The van der Waals surface area contributed by atoms with Crippen LogP contribution >= 0.6 is 0 Å². The molecule has 0 aromatic heterocycles. The summed E-state index contributed by atoms with van der Waals surface area (Å²) in [5.74, 6) is -1.68. The van der Waals surface area contributed by atoms with Gasteiger partial charge in [0.2, 0.25) is 0 Å². The molecule has 2 aromatic carbocycles. The van der Waals surface area contributed by atoms with Crippen molar-refractivity contribution >= 4 is 23.1 Å². The number of methoxy groups -OCH3 is 1. The van der Waals surface area contributed by atoms with Crippen LogP contribution in [0.15, 0.2) is 54.1 Å². The van der Waals surface area contributed by atoms with E-state index >= 15 is 0 Å². The zero-order valence-electron chi connectivity index (χ0n) is 17.3. The maximum absolute atomic E-state index is 12.9. The summed E-state index contributed by atoms with van der Waals surface area (Å²) in [4.78, 5) is 37.5. The quantitative estimate of drug-likeness (QED) is 0.150. The second-order valence-corrected chi connectivity index (χ2v) is 6.91. The van der Waals surface area contributed by atoms with Gasteiger partial charge in [0.05, 0.1) is 43.5 Å². The van der Waals surface area contributed by atoms with Gasteiger partial charge in [-0.15, -0.1) is 0 Å². The van der Waals surface area contributed by atoms with Crippen LogP contribution in [0, 0.1) is 10.1 Å². The van der Waals surface area contributed by atoms with Crippen molar-refractivity contribution in [3.63, 3.8) is 0 Å². The van der Waals surface area contributed by atoms with Gasteiger partial charge in [0, 0.05) is 24.2 Å². The van der Waals surface area contributed by atoms with Crippen molar-refractivity contribution in [2.45, 2.75) is 6.04 Å². The van der Waals surface area contributed by atoms with E-state index in [0.29, 0.717) is 11.3 Å². The number of carbonyl (C=O) groups is 2. The lowest BCUT2D eigenvalue weighted by Crippen LogP contribution is -2.33. The third-order valence-corrected chi connectivity index (χ3v) is 5.01. The molecule has 3 rings (SSSR count). The van der Waals surface area contributed by atoms with E-state index in [1.54, 1.807) is 24.3 Å². The van der Waals surface area contributed by atoms with E-state index in [-0.39, 0.29) is 43.2 Å². The number of hydrogen-bond acceptors (Lipinski definition) is 8. The molecular weight excluding hydrogens is 420 g/mol. The number of nitrogens with zero attached hydrogens (tertiary/aromatic N) is 2. The number of ether oxygens (including phenoxy) is 2. The van der Waals surface area contributed by atoms with Crippen molar-refractivity contribution in [3.05, 3.63) is 75.3 Å². The Morgan fingerprint density at radius 3 is 2.50 bits per heavy atom. The Bertz CT molecular complexity index is 1050. The molecule has 1 saturated heterocycles. The topological polar surface area (TPSA) is 139 Å². The molecule has 0 spiro atoms. The summed E-state index contributed by atoms with van der Waals surface area (Å²) in [5.41, 5.74) is 0.149. The van der Waals surface area contributed by atoms with E-state index in [0.717, 1.165) is 6.07 Å². The van der Waals surface area contributed by atoms with Crippen LogP contribution in [0.1, 0.15) is 17.2 Å². The average molecular weight is 442 g/mol. The van der Waals surface area contributed by atoms with Gasteiger partial charge in [-0.1, -0.05) is 24.3 Å². The summed E-state index contributed by atoms with van der Waals surface area (Å²) in [6.45, 7) is -0.0115. The lowest BCUT2D eigenvalue weighted by molar-refractivity contribution is -0.384. The van der Waals surface area contributed by atoms with Gasteiger partial charge in [-0.3, -0.25) is 19.7 Å². The van der Waals surface area contributed by atoms with Crippen molar-refractivity contribution in [2.75, 3.05) is 33.5 Å². The fraction of sp³-hybridized carbons (Fsp3) is 0.273. The first-order valence-electron chi connectivity index (χ1n) is 9.74. The minimum atomic E-state index is -0.933. The number of ketones is 1. The van der Waals surface area contributed by atoms with Crippen molar-refractivity contribution in [3.8, 4) is 5.75 Å². The average Bonchev–Trinajstić information content (AvgIpc) is 3.06. The smallest absolute Gasteiger partial charge is 0.295 e. The second-order valence-electron chi connectivity index (χ2n) is 6.91. The molecule has 0 bridgehead atoms. The summed E-state index contributed by atoms with van der Waals surface area (Å²) >= 11 is 0. The number of amides is 1. The number of Topliss-reactive ketones (excluding diaryl/α,β-unsaturated/α-hetero) is 1. The SMILES string of the molecule is COc1ccc(C2/C(=C(\O)c3cccc([N+](=O)[O-])c3)C(=O)C(=O)N2CCOCCO)cc1. The predicted octanol–water partition coefficient (Wildman–Crippen LogP) is 2.03. The van der Waals surface area contributed by atoms with E-state index in [1.807, 2.05) is 0 Å².